The van der Waals surface area contributed by atoms with Crippen molar-refractivity contribution < 1.29 is 19.4 Å². The number of unbranched alkanes of at least 4 members (excludes halogenated alkanes) is 2. The Hall–Kier alpha value is -2.94. The third-order valence-corrected chi connectivity index (χ3v) is 7.97. The minimum Gasteiger partial charge on any atom is -0.493 e. The lowest BCUT2D eigenvalue weighted by Crippen LogP contribution is -2.51. The zero-order chi connectivity index (χ0) is 28.3. The highest BCUT2D eigenvalue weighted by atomic mass is 16.5. The van der Waals surface area contributed by atoms with Gasteiger partial charge in [0.2, 0.25) is 5.91 Å². The normalized spacial score (nSPS) is 18.1. The number of nitrogens with one attached hydrogen (secondary N) is 2. The fourth-order valence-corrected chi connectivity index (χ4v) is 5.46. The van der Waals surface area contributed by atoms with Gasteiger partial charge in [0, 0.05) is 42.9 Å². The highest BCUT2D eigenvalue weighted by Gasteiger charge is 2.27. The summed E-state index contributed by atoms with van der Waals surface area (Å²) in [6, 6.07) is 15.2. The minimum atomic E-state index is -0.767. The van der Waals surface area contributed by atoms with E-state index < -0.39 is 12.1 Å². The van der Waals surface area contributed by atoms with E-state index in [9.17, 15) is 14.7 Å². The molecule has 2 fully saturated rings. The topological polar surface area (TPSA) is 94.1 Å². The van der Waals surface area contributed by atoms with Gasteiger partial charge < -0.3 is 30.3 Å². The highest BCUT2D eigenvalue weighted by Crippen LogP contribution is 2.28. The predicted octanol–water partition coefficient (Wildman–Crippen LogP) is 3.77. The number of likely N-dealkylation sites (tertiary alicyclic amines) is 1. The van der Waals surface area contributed by atoms with E-state index in [0.29, 0.717) is 55.6 Å². The number of amides is 2. The molecule has 3 N–H and O–H groups in total. The van der Waals surface area contributed by atoms with Crippen LogP contribution in [0.1, 0.15) is 67.8 Å². The number of rotatable bonds is 14. The molecule has 0 radical (unpaired) electrons. The van der Waals surface area contributed by atoms with Crippen LogP contribution in [-0.4, -0.2) is 79.8 Å². The molecule has 8 nitrogen and oxygen atoms in total. The number of benzene rings is 2. The second-order valence-electron chi connectivity index (χ2n) is 11.2. The number of nitrogens with zero attached hydrogens (tertiary/aromatic N) is 2. The van der Waals surface area contributed by atoms with Gasteiger partial charge >= 0.3 is 0 Å². The van der Waals surface area contributed by atoms with Gasteiger partial charge in [-0.15, -0.1) is 0 Å². The summed E-state index contributed by atoms with van der Waals surface area (Å²) in [5, 5.41) is 17.9. The predicted molar refractivity (Wildman–Crippen MR) is 159 cm³/mol. The molecule has 2 aromatic rings. The van der Waals surface area contributed by atoms with Crippen LogP contribution >= 0.6 is 0 Å². The summed E-state index contributed by atoms with van der Waals surface area (Å²) in [6.45, 7) is 5.82. The van der Waals surface area contributed by atoms with Crippen molar-refractivity contribution >= 4 is 17.5 Å². The van der Waals surface area contributed by atoms with Crippen LogP contribution in [-0.2, 0) is 11.2 Å². The van der Waals surface area contributed by atoms with Crippen molar-refractivity contribution in [2.24, 2.45) is 0 Å². The first kappa shape index (κ1) is 30.0. The lowest BCUT2D eigenvalue weighted by molar-refractivity contribution is -0.117. The number of ether oxygens (including phenoxy) is 1. The van der Waals surface area contributed by atoms with Gasteiger partial charge in [-0.05, 0) is 69.9 Å². The number of anilines is 1. The van der Waals surface area contributed by atoms with Crippen molar-refractivity contribution in [2.45, 2.75) is 76.5 Å². The highest BCUT2D eigenvalue weighted by molar-refractivity contribution is 5.99. The van der Waals surface area contributed by atoms with Crippen molar-refractivity contribution in [1.29, 1.82) is 0 Å². The standard InChI is InChI=1S/C32H46N4O4/c1-3-4-8-18-40-28-21-25(20-27(22-28)36-15-9-12-31(36)38)32(39)34-29(19-24-10-6-5-7-11-24)30(37)23-33-26-13-16-35(2)17-14-26/h5-7,10-11,20-22,26,29-30,33,37H,3-4,8-9,12-19,23H2,1-2H3,(H,34,39)/t29-,30+/m0/s1. The molecule has 0 bridgehead atoms. The van der Waals surface area contributed by atoms with E-state index in [2.05, 4.69) is 29.5 Å². The second-order valence-corrected chi connectivity index (χ2v) is 11.2. The van der Waals surface area contributed by atoms with Crippen molar-refractivity contribution in [2.75, 3.05) is 44.7 Å². The third-order valence-electron chi connectivity index (χ3n) is 7.97. The first-order valence-corrected chi connectivity index (χ1v) is 15.0. The van der Waals surface area contributed by atoms with Crippen molar-refractivity contribution in [3.8, 4) is 5.75 Å². The summed E-state index contributed by atoms with van der Waals surface area (Å²) in [6.07, 6.45) is 6.24. The Labute approximate surface area is 239 Å². The number of carbonyl (C=O) groups is 2. The van der Waals surface area contributed by atoms with Crippen LogP contribution in [0.2, 0.25) is 0 Å². The molecule has 0 saturated carbocycles. The summed E-state index contributed by atoms with van der Waals surface area (Å²) < 4.78 is 6.01. The van der Waals surface area contributed by atoms with Gasteiger partial charge in [-0.3, -0.25) is 9.59 Å². The fourth-order valence-electron chi connectivity index (χ4n) is 5.46. The molecule has 2 aliphatic heterocycles. The molecule has 4 rings (SSSR count). The van der Waals surface area contributed by atoms with E-state index in [-0.39, 0.29) is 11.8 Å². The monoisotopic (exact) mass is 550 g/mol. The van der Waals surface area contributed by atoms with Crippen LogP contribution in [0.15, 0.2) is 48.5 Å². The average Bonchev–Trinajstić information content (AvgIpc) is 3.40. The molecule has 2 saturated heterocycles. The van der Waals surface area contributed by atoms with E-state index in [1.54, 1.807) is 17.0 Å². The fraction of sp³-hybridized carbons (Fsp3) is 0.562. The van der Waals surface area contributed by atoms with E-state index in [1.165, 1.54) is 0 Å². The first-order chi connectivity index (χ1) is 19.4. The Balaban J connectivity index is 1.49. The number of carbonyl (C=O) groups excluding carboxylic acids is 2. The van der Waals surface area contributed by atoms with Gasteiger partial charge in [-0.25, -0.2) is 0 Å². The van der Waals surface area contributed by atoms with Crippen LogP contribution in [0.3, 0.4) is 0 Å². The van der Waals surface area contributed by atoms with Gasteiger partial charge in [0.15, 0.2) is 0 Å². The Kier molecular flexibility index (Phi) is 11.4. The van der Waals surface area contributed by atoms with Crippen LogP contribution in [0.5, 0.6) is 5.75 Å². The number of hydrogen-bond donors (Lipinski definition) is 3. The Bertz CT molecular complexity index is 1090. The summed E-state index contributed by atoms with van der Waals surface area (Å²) in [4.78, 5) is 30.2. The molecule has 2 atom stereocenters. The van der Waals surface area contributed by atoms with Crippen molar-refractivity contribution in [3.63, 3.8) is 0 Å². The van der Waals surface area contributed by atoms with Crippen molar-refractivity contribution in [1.82, 2.24) is 15.5 Å². The van der Waals surface area contributed by atoms with Crippen LogP contribution in [0.25, 0.3) is 0 Å². The van der Waals surface area contributed by atoms with Crippen molar-refractivity contribution in [3.05, 3.63) is 59.7 Å². The molecule has 0 aliphatic carbocycles. The molecule has 40 heavy (non-hydrogen) atoms. The lowest BCUT2D eigenvalue weighted by atomic mass is 9.99. The van der Waals surface area contributed by atoms with Gasteiger partial charge in [0.05, 0.1) is 18.8 Å². The molecule has 2 aromatic carbocycles. The maximum Gasteiger partial charge on any atom is 0.251 e. The van der Waals surface area contributed by atoms with E-state index in [1.807, 2.05) is 36.4 Å². The Morgan fingerprint density at radius 2 is 1.88 bits per heavy atom. The third kappa shape index (κ3) is 8.78. The smallest absolute Gasteiger partial charge is 0.251 e. The SMILES string of the molecule is CCCCCOc1cc(C(=O)N[C@@H](Cc2ccccc2)[C@H](O)CNC2CCN(C)CC2)cc(N2CCCC2=O)c1. The molecular weight excluding hydrogens is 504 g/mol. The maximum absolute atomic E-state index is 13.7. The lowest BCUT2D eigenvalue weighted by Gasteiger charge is -2.31. The number of aliphatic hydroxyl groups excluding tert-OH is 1. The molecule has 2 heterocycles. The zero-order valence-electron chi connectivity index (χ0n) is 24.1. The molecule has 2 amide bonds. The molecule has 0 spiro atoms. The molecule has 2 aliphatic rings. The molecular formula is C32H46N4O4. The van der Waals surface area contributed by atoms with Gasteiger partial charge in [0.1, 0.15) is 5.75 Å². The van der Waals surface area contributed by atoms with E-state index in [0.717, 1.165) is 57.2 Å². The maximum atomic E-state index is 13.7. The van der Waals surface area contributed by atoms with Crippen LogP contribution in [0, 0.1) is 0 Å². The number of aliphatic hydroxyl groups is 1. The van der Waals surface area contributed by atoms with E-state index in [4.69, 9.17) is 4.74 Å². The summed E-state index contributed by atoms with van der Waals surface area (Å²) >= 11 is 0. The quantitative estimate of drug-likeness (QED) is 0.310. The summed E-state index contributed by atoms with van der Waals surface area (Å²) in [5.74, 6) is 0.362. The first-order valence-electron chi connectivity index (χ1n) is 15.0. The van der Waals surface area contributed by atoms with Crippen LogP contribution < -0.4 is 20.3 Å². The summed E-state index contributed by atoms with van der Waals surface area (Å²) in [5.41, 5.74) is 2.16. The average molecular weight is 551 g/mol. The van der Waals surface area contributed by atoms with Gasteiger partial charge in [-0.1, -0.05) is 50.1 Å². The minimum absolute atomic E-state index is 0.0619. The van der Waals surface area contributed by atoms with Gasteiger partial charge in [0.25, 0.3) is 5.91 Å². The zero-order valence-corrected chi connectivity index (χ0v) is 24.1. The molecule has 218 valence electrons. The largest absolute Gasteiger partial charge is 0.493 e. The summed E-state index contributed by atoms with van der Waals surface area (Å²) in [7, 11) is 2.13. The number of hydrogen-bond acceptors (Lipinski definition) is 6. The Morgan fingerprint density at radius 3 is 2.58 bits per heavy atom. The molecule has 0 unspecified atom stereocenters. The van der Waals surface area contributed by atoms with E-state index >= 15 is 0 Å². The van der Waals surface area contributed by atoms with Gasteiger partial charge in [-0.2, -0.15) is 0 Å². The second kappa shape index (κ2) is 15.2. The number of piperidine rings is 1. The molecule has 0 aromatic heterocycles. The molecule has 8 heteroatoms. The van der Waals surface area contributed by atoms with Crippen LogP contribution in [0.4, 0.5) is 5.69 Å². The Morgan fingerprint density at radius 1 is 1.10 bits per heavy atom.